The Balaban J connectivity index is 1.59. The van der Waals surface area contributed by atoms with E-state index in [1.165, 1.54) is 18.7 Å². The summed E-state index contributed by atoms with van der Waals surface area (Å²) in [5.74, 6) is -0.604. The van der Waals surface area contributed by atoms with Crippen LogP contribution in [0.25, 0.3) is 55.4 Å². The molecule has 0 aliphatic rings. The number of pyridine rings is 1. The molecule has 0 aliphatic heterocycles. The van der Waals surface area contributed by atoms with E-state index in [0.717, 1.165) is 38.6 Å². The molecule has 6 aromatic rings. The molecule has 4 aromatic carbocycles. The van der Waals surface area contributed by atoms with E-state index in [9.17, 15) is 9.65 Å². The number of rotatable bonds is 4. The number of nitrogens with zero attached hydrogens (tertiary/aromatic N) is 2. The molecular weight excluding hydrogens is 483 g/mol. The Morgan fingerprint density at radius 2 is 1.44 bits per heavy atom. The molecule has 39 heavy (non-hydrogen) atoms. The lowest BCUT2D eigenvalue weighted by Crippen LogP contribution is -2.32. The highest BCUT2D eigenvalue weighted by Gasteiger charge is 2.24. The van der Waals surface area contributed by atoms with Gasteiger partial charge >= 0.3 is 0 Å². The van der Waals surface area contributed by atoms with Crippen LogP contribution in [0.2, 0.25) is 0 Å². The maximum atomic E-state index is 14.8. The van der Waals surface area contributed by atoms with E-state index >= 15 is 0 Å². The molecule has 2 aromatic heterocycles. The molecule has 0 atom stereocenters. The Hall–Kier alpha value is -4.75. The topological polar surface area (TPSA) is 40.8 Å². The van der Waals surface area contributed by atoms with E-state index < -0.39 is 12.2 Å². The summed E-state index contributed by atoms with van der Waals surface area (Å²) in [4.78, 5) is 0. The van der Waals surface area contributed by atoms with E-state index in [-0.39, 0.29) is 5.56 Å². The number of fused-ring (bicyclic) bond motifs is 3. The first-order chi connectivity index (χ1) is 19.6. The van der Waals surface area contributed by atoms with Gasteiger partial charge in [-0.1, -0.05) is 73.2 Å². The zero-order valence-corrected chi connectivity index (χ0v) is 22.3. The van der Waals surface area contributed by atoms with Crippen molar-refractivity contribution in [3.05, 3.63) is 113 Å². The van der Waals surface area contributed by atoms with Crippen molar-refractivity contribution >= 4 is 21.9 Å². The largest absolute Gasteiger partial charge is 0.454 e. The summed E-state index contributed by atoms with van der Waals surface area (Å²) in [7, 11) is 1.74. The molecule has 190 valence electrons. The highest BCUT2D eigenvalue weighted by molar-refractivity contribution is 6.14. The minimum absolute atomic E-state index is 0.0146. The first-order valence-electron chi connectivity index (χ1n) is 13.8. The summed E-state index contributed by atoms with van der Waals surface area (Å²) >= 11 is 0. The van der Waals surface area contributed by atoms with Crippen LogP contribution in [-0.2, 0) is 13.4 Å². The van der Waals surface area contributed by atoms with Crippen LogP contribution in [0.3, 0.4) is 0 Å². The second-order valence-corrected chi connectivity index (χ2v) is 9.94. The van der Waals surface area contributed by atoms with Crippen LogP contribution in [-0.4, -0.2) is 0 Å². The third-order valence-electron chi connectivity index (χ3n) is 7.45. The molecule has 6 rings (SSSR count). The van der Waals surface area contributed by atoms with Crippen molar-refractivity contribution < 1.29 is 16.1 Å². The zero-order valence-electron chi connectivity index (χ0n) is 24.3. The van der Waals surface area contributed by atoms with Crippen LogP contribution in [0.4, 0.5) is 4.39 Å². The molecular formula is C35H28FN2O+. The van der Waals surface area contributed by atoms with Gasteiger partial charge in [0.15, 0.2) is 5.82 Å². The lowest BCUT2D eigenvalue weighted by molar-refractivity contribution is -0.662. The SMILES string of the molecule is [2H]C([2H])(C)c1cc(-c2c(C)ccc3c2oc2c(-c4ccc(-c5ccc(C)cc5)cc4)c(C#N)ccc23)[n+](C)cc1F. The third kappa shape index (κ3) is 4.08. The fourth-order valence-corrected chi connectivity index (χ4v) is 5.33. The quantitative estimate of drug-likeness (QED) is 0.221. The van der Waals surface area contributed by atoms with E-state index in [4.69, 9.17) is 7.16 Å². The van der Waals surface area contributed by atoms with Gasteiger partial charge in [0.25, 0.3) is 0 Å². The van der Waals surface area contributed by atoms with Gasteiger partial charge in [0.2, 0.25) is 11.9 Å². The Bertz CT molecular complexity index is 2010. The molecule has 0 N–H and O–H groups in total. The monoisotopic (exact) mass is 513 g/mol. The van der Waals surface area contributed by atoms with Crippen molar-refractivity contribution in [1.82, 2.24) is 0 Å². The molecule has 0 saturated heterocycles. The normalized spacial score (nSPS) is 12.4. The second-order valence-electron chi connectivity index (χ2n) is 9.94. The van der Waals surface area contributed by atoms with Crippen molar-refractivity contribution in [1.29, 1.82) is 5.26 Å². The zero-order chi connectivity index (χ0) is 29.1. The standard InChI is InChI=1S/C35H28FN2O/c1-5-23-18-31(38(4)20-30(23)36)32-22(3)8-16-28-29-17-15-27(19-37)33(35(29)39-34(28)32)26-13-11-25(12-14-26)24-9-6-21(2)7-10-24/h6-18,20H,5H2,1-4H3/q+1/i5D2. The average molecular weight is 514 g/mol. The molecule has 0 spiro atoms. The molecule has 0 fully saturated rings. The van der Waals surface area contributed by atoms with E-state index in [1.807, 2.05) is 43.3 Å². The molecule has 0 aliphatic carbocycles. The predicted molar refractivity (Wildman–Crippen MR) is 155 cm³/mol. The number of aryl methyl sites for hydroxylation is 4. The number of hydrogen-bond donors (Lipinski definition) is 0. The summed E-state index contributed by atoms with van der Waals surface area (Å²) in [6, 6.07) is 28.1. The van der Waals surface area contributed by atoms with Gasteiger partial charge in [-0.3, -0.25) is 0 Å². The van der Waals surface area contributed by atoms with Crippen molar-refractivity contribution in [3.8, 4) is 39.6 Å². The molecule has 3 nitrogen and oxygen atoms in total. The molecule has 0 saturated carbocycles. The van der Waals surface area contributed by atoms with Crippen molar-refractivity contribution in [2.75, 3.05) is 0 Å². The summed E-state index contributed by atoms with van der Waals surface area (Å²) in [6.45, 7) is 5.37. The van der Waals surface area contributed by atoms with Crippen molar-refractivity contribution in [2.45, 2.75) is 27.1 Å². The Morgan fingerprint density at radius 1 is 0.846 bits per heavy atom. The predicted octanol–water partition coefficient (Wildman–Crippen LogP) is 8.60. The Kier molecular flexibility index (Phi) is 5.44. The first-order valence-corrected chi connectivity index (χ1v) is 12.8. The Morgan fingerprint density at radius 3 is 2.08 bits per heavy atom. The number of hydrogen-bond acceptors (Lipinski definition) is 2. The van der Waals surface area contributed by atoms with Gasteiger partial charge in [0.05, 0.1) is 17.2 Å². The minimum atomic E-state index is -1.86. The van der Waals surface area contributed by atoms with Gasteiger partial charge in [0, 0.05) is 30.7 Å². The summed E-state index contributed by atoms with van der Waals surface area (Å²) in [5, 5.41) is 11.8. The molecule has 4 heteroatoms. The smallest absolute Gasteiger partial charge is 0.216 e. The fourth-order valence-electron chi connectivity index (χ4n) is 5.33. The third-order valence-corrected chi connectivity index (χ3v) is 7.45. The van der Waals surface area contributed by atoms with Crippen LogP contribution in [0.1, 0.15) is 31.9 Å². The number of aromatic nitrogens is 1. The first kappa shape index (κ1) is 22.3. The summed E-state index contributed by atoms with van der Waals surface area (Å²) in [6.07, 6.45) is -0.551. The summed E-state index contributed by atoms with van der Waals surface area (Å²) in [5.41, 5.74) is 8.99. The Labute approximate surface area is 230 Å². The molecule has 0 amide bonds. The van der Waals surface area contributed by atoms with Crippen LogP contribution < -0.4 is 4.57 Å². The van der Waals surface area contributed by atoms with Crippen molar-refractivity contribution in [2.24, 2.45) is 7.05 Å². The lowest BCUT2D eigenvalue weighted by Gasteiger charge is -2.08. The number of nitriles is 1. The van der Waals surface area contributed by atoms with Gasteiger partial charge in [-0.2, -0.15) is 9.83 Å². The van der Waals surface area contributed by atoms with Crippen LogP contribution in [0.5, 0.6) is 0 Å². The lowest BCUT2D eigenvalue weighted by atomic mass is 9.94. The van der Waals surface area contributed by atoms with Crippen LogP contribution in [0.15, 0.2) is 89.5 Å². The number of halogens is 1. The molecule has 0 unspecified atom stereocenters. The number of benzene rings is 4. The fraction of sp³-hybridized carbons (Fsp3) is 0.143. The van der Waals surface area contributed by atoms with Crippen LogP contribution >= 0.6 is 0 Å². The van der Waals surface area contributed by atoms with Gasteiger partial charge in [-0.15, -0.1) is 0 Å². The minimum Gasteiger partial charge on any atom is -0.454 e. The average Bonchev–Trinajstić information content (AvgIpc) is 3.31. The molecule has 2 heterocycles. The highest BCUT2D eigenvalue weighted by atomic mass is 19.1. The summed E-state index contributed by atoms with van der Waals surface area (Å²) < 4.78 is 39.4. The second kappa shape index (κ2) is 9.53. The van der Waals surface area contributed by atoms with Gasteiger partial charge < -0.3 is 4.42 Å². The van der Waals surface area contributed by atoms with Crippen LogP contribution in [0, 0.1) is 31.0 Å². The van der Waals surface area contributed by atoms with Crippen molar-refractivity contribution in [3.63, 3.8) is 0 Å². The molecule has 0 bridgehead atoms. The van der Waals surface area contributed by atoms with Gasteiger partial charge in [-0.05, 0) is 54.6 Å². The maximum absolute atomic E-state index is 14.8. The van der Waals surface area contributed by atoms with E-state index in [1.54, 1.807) is 17.7 Å². The van der Waals surface area contributed by atoms with E-state index in [0.29, 0.717) is 28.0 Å². The molecule has 0 radical (unpaired) electrons. The maximum Gasteiger partial charge on any atom is 0.216 e. The highest BCUT2D eigenvalue weighted by Crippen LogP contribution is 2.42. The number of furan rings is 1. The van der Waals surface area contributed by atoms with Gasteiger partial charge in [0.1, 0.15) is 18.2 Å². The van der Waals surface area contributed by atoms with E-state index in [2.05, 4.69) is 49.4 Å². The van der Waals surface area contributed by atoms with Gasteiger partial charge in [-0.25, -0.2) is 4.39 Å².